The summed E-state index contributed by atoms with van der Waals surface area (Å²) in [6, 6.07) is -5.31. The van der Waals surface area contributed by atoms with Crippen LogP contribution in [0.2, 0.25) is 0 Å². The average molecular weight is 853 g/mol. The summed E-state index contributed by atoms with van der Waals surface area (Å²) in [6.07, 6.45) is -3.96. The van der Waals surface area contributed by atoms with Gasteiger partial charge in [0.1, 0.15) is 48.0 Å². The SMILES string of the molecule is CC[C@H](C)[C@H](NC(=O)CN)C(=O)N[C@H](C(=O)N[C@H](C(=O)N[C@@H](C)C(=O)N[C@@H](CC(C)C)C(=O)N[C@@H](CC(=O)O)C(=O)N[C@@H](Cc1ccc(O)cc1)C(=O)O)[C@@H](C)O)[C@@H](C)O. The van der Waals surface area contributed by atoms with Gasteiger partial charge in [-0.3, -0.25) is 38.4 Å². The largest absolute Gasteiger partial charge is 0.508 e. The molecule has 14 N–H and O–H groups in total. The molecule has 7 amide bonds. The van der Waals surface area contributed by atoms with Crippen molar-refractivity contribution < 1.29 is 68.7 Å². The van der Waals surface area contributed by atoms with E-state index >= 15 is 0 Å². The minimum Gasteiger partial charge on any atom is -0.508 e. The van der Waals surface area contributed by atoms with Gasteiger partial charge in [0.25, 0.3) is 0 Å². The van der Waals surface area contributed by atoms with E-state index in [2.05, 4.69) is 37.2 Å². The number of carbonyl (C=O) groups excluding carboxylic acids is 7. The lowest BCUT2D eigenvalue weighted by Crippen LogP contribution is -2.63. The zero-order valence-electron chi connectivity index (χ0n) is 34.7. The number of benzene rings is 1. The van der Waals surface area contributed by atoms with Gasteiger partial charge in [-0.15, -0.1) is 0 Å². The highest BCUT2D eigenvalue weighted by molar-refractivity contribution is 5.98. The van der Waals surface area contributed by atoms with E-state index in [1.165, 1.54) is 38.1 Å². The van der Waals surface area contributed by atoms with E-state index < -0.39 is 127 Å². The Kier molecular flexibility index (Phi) is 21.7. The number of phenolic OH excluding ortho intramolecular Hbond substituents is 1. The molecule has 0 saturated heterocycles. The van der Waals surface area contributed by atoms with Crippen LogP contribution in [0.25, 0.3) is 0 Å². The number of carboxylic acids is 2. The zero-order chi connectivity index (χ0) is 46.0. The number of nitrogens with two attached hydrogens (primary N) is 1. The third-order valence-electron chi connectivity index (χ3n) is 9.22. The van der Waals surface area contributed by atoms with E-state index in [4.69, 9.17) is 5.73 Å². The van der Waals surface area contributed by atoms with E-state index in [0.717, 1.165) is 6.92 Å². The van der Waals surface area contributed by atoms with Gasteiger partial charge in [0.2, 0.25) is 41.4 Å². The van der Waals surface area contributed by atoms with Crippen LogP contribution in [-0.4, -0.2) is 140 Å². The van der Waals surface area contributed by atoms with Crippen LogP contribution in [0.15, 0.2) is 24.3 Å². The van der Waals surface area contributed by atoms with Crippen molar-refractivity contribution in [1.29, 1.82) is 0 Å². The molecule has 0 aliphatic heterocycles. The fourth-order valence-corrected chi connectivity index (χ4v) is 5.60. The predicted molar refractivity (Wildman–Crippen MR) is 212 cm³/mol. The standard InChI is InChI=1S/C38H60N8O14/c1-8-18(4)29(44-27(50)16-39)35(56)45-31(21(7)48)37(58)46-30(20(6)47)36(57)40-19(5)32(53)41-24(13-17(2)3)33(54)42-25(15-28(51)52)34(55)43-26(38(59)60)14-22-9-11-23(49)12-10-22/h9-12,17-21,24-26,29-31,47-49H,8,13-16,39H2,1-7H3,(H,40,57)(H,41,53)(H,42,54)(H,43,55)(H,44,50)(H,45,56)(H,46,58)(H,51,52)(H,59,60)/t18-,19-,20+,21+,24-,25-,26-,29-,30-,31-/m0/s1. The molecule has 0 unspecified atom stereocenters. The van der Waals surface area contributed by atoms with Gasteiger partial charge in [-0.1, -0.05) is 46.2 Å². The number of hydrogen-bond acceptors (Lipinski definition) is 13. The van der Waals surface area contributed by atoms with Crippen LogP contribution < -0.4 is 43.0 Å². The minimum atomic E-state index is -1.79. The summed E-state index contributed by atoms with van der Waals surface area (Å²) in [6.45, 7) is 9.93. The number of aliphatic carboxylic acids is 2. The quantitative estimate of drug-likeness (QED) is 0.0459. The Labute approximate surface area is 347 Å². The van der Waals surface area contributed by atoms with Gasteiger partial charge in [0, 0.05) is 6.42 Å². The van der Waals surface area contributed by atoms with E-state index in [0.29, 0.717) is 12.0 Å². The molecule has 0 radical (unpaired) electrons. The van der Waals surface area contributed by atoms with Crippen molar-refractivity contribution in [3.8, 4) is 5.75 Å². The third kappa shape index (κ3) is 17.5. The number of nitrogens with one attached hydrogen (secondary N) is 7. The van der Waals surface area contributed by atoms with Crippen molar-refractivity contribution in [3.05, 3.63) is 29.8 Å². The molecule has 0 aliphatic carbocycles. The van der Waals surface area contributed by atoms with Crippen LogP contribution >= 0.6 is 0 Å². The molecule has 336 valence electrons. The van der Waals surface area contributed by atoms with Crippen LogP contribution in [0, 0.1) is 11.8 Å². The molecular weight excluding hydrogens is 792 g/mol. The first-order chi connectivity index (χ1) is 27.9. The molecule has 1 aromatic carbocycles. The first kappa shape index (κ1) is 52.1. The zero-order valence-corrected chi connectivity index (χ0v) is 34.7. The van der Waals surface area contributed by atoms with E-state index in [1.54, 1.807) is 27.7 Å². The number of rotatable bonds is 25. The van der Waals surface area contributed by atoms with E-state index in [-0.39, 0.29) is 24.5 Å². The molecule has 60 heavy (non-hydrogen) atoms. The van der Waals surface area contributed by atoms with Crippen LogP contribution in [0.3, 0.4) is 0 Å². The number of aromatic hydroxyl groups is 1. The summed E-state index contributed by atoms with van der Waals surface area (Å²) in [4.78, 5) is 115. The molecule has 10 atom stereocenters. The Balaban J connectivity index is 3.15. The molecule has 0 bridgehead atoms. The minimum absolute atomic E-state index is 0.0507. The number of aliphatic hydroxyl groups is 2. The average Bonchev–Trinajstić information content (AvgIpc) is 3.16. The molecule has 0 fully saturated rings. The fourth-order valence-electron chi connectivity index (χ4n) is 5.60. The third-order valence-corrected chi connectivity index (χ3v) is 9.22. The monoisotopic (exact) mass is 852 g/mol. The second-order valence-corrected chi connectivity index (χ2v) is 14.9. The lowest BCUT2D eigenvalue weighted by atomic mass is 9.97. The first-order valence-electron chi connectivity index (χ1n) is 19.3. The Hall–Kier alpha value is -5.87. The number of hydrogen-bond donors (Lipinski definition) is 13. The molecule has 22 nitrogen and oxygen atoms in total. The lowest BCUT2D eigenvalue weighted by Gasteiger charge is -2.29. The van der Waals surface area contributed by atoms with Gasteiger partial charge >= 0.3 is 11.9 Å². The number of aliphatic hydroxyl groups excluding tert-OH is 2. The fraction of sp³-hybridized carbons (Fsp3) is 0.605. The maximum atomic E-state index is 13.5. The van der Waals surface area contributed by atoms with Crippen molar-refractivity contribution in [3.63, 3.8) is 0 Å². The van der Waals surface area contributed by atoms with Gasteiger partial charge < -0.3 is 68.5 Å². The Morgan fingerprint density at radius 1 is 0.600 bits per heavy atom. The van der Waals surface area contributed by atoms with Gasteiger partial charge in [0.15, 0.2) is 0 Å². The maximum absolute atomic E-state index is 13.5. The normalized spacial score (nSPS) is 16.1. The van der Waals surface area contributed by atoms with Crippen molar-refractivity contribution in [2.24, 2.45) is 17.6 Å². The molecule has 0 saturated carbocycles. The summed E-state index contributed by atoms with van der Waals surface area (Å²) in [5.41, 5.74) is 5.77. The highest BCUT2D eigenvalue weighted by Crippen LogP contribution is 2.13. The second-order valence-electron chi connectivity index (χ2n) is 14.9. The van der Waals surface area contributed by atoms with Crippen LogP contribution in [0.5, 0.6) is 5.75 Å². The molecule has 1 rings (SSSR count). The molecule has 0 spiro atoms. The summed E-state index contributed by atoms with van der Waals surface area (Å²) in [5, 5.41) is 65.7. The molecule has 22 heteroatoms. The van der Waals surface area contributed by atoms with Gasteiger partial charge in [-0.05, 0) is 56.7 Å². The number of amides is 7. The maximum Gasteiger partial charge on any atom is 0.326 e. The predicted octanol–water partition coefficient (Wildman–Crippen LogP) is -3.28. The molecule has 1 aromatic rings. The highest BCUT2D eigenvalue weighted by atomic mass is 16.4. The van der Waals surface area contributed by atoms with Gasteiger partial charge in [-0.25, -0.2) is 4.79 Å². The van der Waals surface area contributed by atoms with Crippen LogP contribution in [-0.2, 0) is 49.6 Å². The topological polar surface area (TPSA) is 365 Å². The second kappa shape index (κ2) is 24.9. The smallest absolute Gasteiger partial charge is 0.326 e. The van der Waals surface area contributed by atoms with Crippen LogP contribution in [0.4, 0.5) is 0 Å². The summed E-state index contributed by atoms with van der Waals surface area (Å²) in [7, 11) is 0. The van der Waals surface area contributed by atoms with Gasteiger partial charge in [0.05, 0.1) is 25.2 Å². The summed E-state index contributed by atoms with van der Waals surface area (Å²) >= 11 is 0. The number of carboxylic acid groups (broad SMARTS) is 2. The Morgan fingerprint density at radius 2 is 1.07 bits per heavy atom. The first-order valence-corrected chi connectivity index (χ1v) is 19.3. The number of phenols is 1. The molecule has 0 aromatic heterocycles. The van der Waals surface area contributed by atoms with Crippen molar-refractivity contribution in [2.75, 3.05) is 6.54 Å². The van der Waals surface area contributed by atoms with Crippen molar-refractivity contribution in [2.45, 2.75) is 129 Å². The Morgan fingerprint density at radius 3 is 1.52 bits per heavy atom. The van der Waals surface area contributed by atoms with E-state index in [1.807, 2.05) is 0 Å². The molecule has 0 aliphatic rings. The lowest BCUT2D eigenvalue weighted by molar-refractivity contribution is -0.143. The van der Waals surface area contributed by atoms with Crippen molar-refractivity contribution in [1.82, 2.24) is 37.2 Å². The summed E-state index contributed by atoms with van der Waals surface area (Å²) < 4.78 is 0. The molecular formula is C38H60N8O14. The molecule has 0 heterocycles. The Bertz CT molecular complexity index is 1670. The van der Waals surface area contributed by atoms with Crippen LogP contribution in [0.1, 0.15) is 73.3 Å². The highest BCUT2D eigenvalue weighted by Gasteiger charge is 2.37. The van der Waals surface area contributed by atoms with E-state index in [9.17, 15) is 68.7 Å². The summed E-state index contributed by atoms with van der Waals surface area (Å²) in [5.74, 6) is -10.5. The van der Waals surface area contributed by atoms with Crippen molar-refractivity contribution >= 4 is 53.3 Å². The van der Waals surface area contributed by atoms with Gasteiger partial charge in [-0.2, -0.15) is 0 Å². The number of carbonyl (C=O) groups is 9.